The number of rotatable bonds is 7. The molecule has 0 aliphatic carbocycles. The fourth-order valence-electron chi connectivity index (χ4n) is 3.11. The first kappa shape index (κ1) is 29.5. The third-order valence-corrected chi connectivity index (χ3v) is 5.39. The lowest BCUT2D eigenvalue weighted by Gasteiger charge is -2.19. The van der Waals surface area contributed by atoms with Crippen LogP contribution in [0.3, 0.4) is 0 Å². The van der Waals surface area contributed by atoms with E-state index >= 15 is 0 Å². The number of hydrogen-bond acceptors (Lipinski definition) is 8. The van der Waals surface area contributed by atoms with Gasteiger partial charge in [-0.2, -0.15) is 8.78 Å². The summed E-state index contributed by atoms with van der Waals surface area (Å²) in [6.45, 7) is 1.51. The molecule has 39 heavy (non-hydrogen) atoms. The number of carbonyl (C=O) groups excluding carboxylic acids is 3. The van der Waals surface area contributed by atoms with E-state index in [4.69, 9.17) is 28.3 Å². The van der Waals surface area contributed by atoms with Crippen molar-refractivity contribution in [3.05, 3.63) is 63.4 Å². The molecule has 3 N–H and O–H groups in total. The van der Waals surface area contributed by atoms with Gasteiger partial charge in [0.05, 0.1) is 23.4 Å². The lowest BCUT2D eigenvalue weighted by atomic mass is 10.1. The second kappa shape index (κ2) is 11.8. The highest BCUT2D eigenvalue weighted by Crippen LogP contribution is 2.30. The Labute approximate surface area is 228 Å². The van der Waals surface area contributed by atoms with Crippen LogP contribution in [0.5, 0.6) is 5.88 Å². The zero-order valence-corrected chi connectivity index (χ0v) is 21.7. The maximum atomic E-state index is 13.7. The smallest absolute Gasteiger partial charge is 0.452 e. The van der Waals surface area contributed by atoms with Gasteiger partial charge in [0.1, 0.15) is 5.69 Å². The van der Waals surface area contributed by atoms with Gasteiger partial charge in [-0.05, 0) is 36.8 Å². The number of methoxy groups -OCH3 is 1. The summed E-state index contributed by atoms with van der Waals surface area (Å²) >= 11 is 12.2. The molecule has 0 saturated heterocycles. The minimum absolute atomic E-state index is 0.0490. The van der Waals surface area contributed by atoms with Crippen LogP contribution in [0.25, 0.3) is 5.82 Å². The van der Waals surface area contributed by atoms with Crippen LogP contribution < -0.4 is 15.5 Å². The Bertz CT molecular complexity index is 1420. The average Bonchev–Trinajstić information content (AvgIpc) is 3.27. The molecule has 1 aromatic carbocycles. The number of benzene rings is 1. The summed E-state index contributed by atoms with van der Waals surface area (Å²) in [4.78, 5) is 41.9. The number of halogens is 5. The highest BCUT2D eigenvalue weighted by atomic mass is 35.5. The van der Waals surface area contributed by atoms with Crippen molar-refractivity contribution in [3.63, 3.8) is 0 Å². The second-order valence-electron chi connectivity index (χ2n) is 7.66. The Morgan fingerprint density at radius 1 is 1.21 bits per heavy atom. The largest absolute Gasteiger partial charge is 0.457 e. The SMILES string of the molecule is COC(=O)N(C)NC(=O)c1cc(Cl)cc(C)c1NC(=O)c1cc(OC(F)(F)C(O)F)nn1-c1ncccc1Cl. The van der Waals surface area contributed by atoms with E-state index in [1.807, 2.05) is 0 Å². The van der Waals surface area contributed by atoms with E-state index in [0.717, 1.165) is 16.8 Å². The Morgan fingerprint density at radius 2 is 1.90 bits per heavy atom. The minimum atomic E-state index is -4.70. The molecule has 0 saturated carbocycles. The predicted octanol–water partition coefficient (Wildman–Crippen LogP) is 3.74. The number of carbonyl (C=O) groups is 3. The number of pyridine rings is 1. The van der Waals surface area contributed by atoms with E-state index in [-0.39, 0.29) is 27.1 Å². The number of anilines is 1. The molecular formula is C22H19Cl2F3N6O6. The maximum absolute atomic E-state index is 13.7. The molecule has 0 spiro atoms. The van der Waals surface area contributed by atoms with E-state index in [0.29, 0.717) is 11.6 Å². The number of ether oxygens (including phenoxy) is 2. The highest BCUT2D eigenvalue weighted by molar-refractivity contribution is 6.32. The molecule has 17 heteroatoms. The van der Waals surface area contributed by atoms with Gasteiger partial charge >= 0.3 is 18.6 Å². The zero-order valence-electron chi connectivity index (χ0n) is 20.2. The van der Waals surface area contributed by atoms with Crippen molar-refractivity contribution in [2.24, 2.45) is 0 Å². The molecule has 3 aromatic rings. The van der Waals surface area contributed by atoms with Crippen molar-refractivity contribution in [1.29, 1.82) is 0 Å². The number of aliphatic hydroxyl groups is 1. The van der Waals surface area contributed by atoms with Crippen LogP contribution in [0.4, 0.5) is 23.7 Å². The molecule has 0 aliphatic heterocycles. The third kappa shape index (κ3) is 6.68. The molecule has 0 fully saturated rings. The first-order valence-electron chi connectivity index (χ1n) is 10.6. The Morgan fingerprint density at radius 3 is 2.51 bits per heavy atom. The number of hydrogen-bond donors (Lipinski definition) is 3. The van der Waals surface area contributed by atoms with Gasteiger partial charge in [-0.15, -0.1) is 5.10 Å². The van der Waals surface area contributed by atoms with E-state index in [1.54, 1.807) is 0 Å². The minimum Gasteiger partial charge on any atom is -0.452 e. The van der Waals surface area contributed by atoms with Crippen molar-refractivity contribution in [2.45, 2.75) is 19.4 Å². The monoisotopic (exact) mass is 590 g/mol. The van der Waals surface area contributed by atoms with E-state index in [2.05, 4.69) is 30.3 Å². The van der Waals surface area contributed by atoms with Crippen molar-refractivity contribution >= 4 is 46.8 Å². The van der Waals surface area contributed by atoms with Crippen molar-refractivity contribution in [2.75, 3.05) is 19.5 Å². The molecule has 2 aromatic heterocycles. The molecule has 2 heterocycles. The van der Waals surface area contributed by atoms with Crippen LogP contribution in [-0.4, -0.2) is 69.4 Å². The number of alkyl halides is 3. The summed E-state index contributed by atoms with van der Waals surface area (Å²) in [6, 6.07) is 6.16. The van der Waals surface area contributed by atoms with Gasteiger partial charge in [-0.25, -0.2) is 23.9 Å². The Balaban J connectivity index is 2.05. The first-order chi connectivity index (χ1) is 18.2. The van der Waals surface area contributed by atoms with Crippen LogP contribution >= 0.6 is 23.2 Å². The molecule has 1 unspecified atom stereocenters. The summed E-state index contributed by atoms with van der Waals surface area (Å²) in [5, 5.41) is 15.6. The molecule has 1 atom stereocenters. The molecule has 208 valence electrons. The van der Waals surface area contributed by atoms with Crippen molar-refractivity contribution in [3.8, 4) is 11.7 Å². The van der Waals surface area contributed by atoms with Crippen LogP contribution in [0.1, 0.15) is 26.4 Å². The first-order valence-corrected chi connectivity index (χ1v) is 11.3. The molecule has 3 amide bonds. The summed E-state index contributed by atoms with van der Waals surface area (Å²) in [6.07, 6.45) is -8.02. The quantitative estimate of drug-likeness (QED) is 0.352. The highest BCUT2D eigenvalue weighted by Gasteiger charge is 2.43. The van der Waals surface area contributed by atoms with Gasteiger partial charge in [0.25, 0.3) is 11.8 Å². The topological polar surface area (TPSA) is 148 Å². The molecule has 0 radical (unpaired) electrons. The summed E-state index contributed by atoms with van der Waals surface area (Å²) in [7, 11) is 2.31. The van der Waals surface area contributed by atoms with Crippen molar-refractivity contribution in [1.82, 2.24) is 25.2 Å². The fraction of sp³-hybridized carbons (Fsp3) is 0.227. The average molecular weight is 591 g/mol. The Hall–Kier alpha value is -4.08. The van der Waals surface area contributed by atoms with Crippen LogP contribution in [-0.2, 0) is 4.74 Å². The van der Waals surface area contributed by atoms with Crippen molar-refractivity contribution < 1.29 is 42.1 Å². The number of aromatic nitrogens is 3. The lowest BCUT2D eigenvalue weighted by molar-refractivity contribution is -0.277. The van der Waals surface area contributed by atoms with E-state index in [1.165, 1.54) is 44.4 Å². The van der Waals surface area contributed by atoms with E-state index < -0.39 is 41.9 Å². The predicted molar refractivity (Wildman–Crippen MR) is 131 cm³/mol. The maximum Gasteiger partial charge on any atom is 0.457 e. The van der Waals surface area contributed by atoms with Gasteiger partial charge in [-0.3, -0.25) is 15.0 Å². The second-order valence-corrected chi connectivity index (χ2v) is 8.50. The normalized spacial score (nSPS) is 11.9. The molecule has 3 rings (SSSR count). The number of aliphatic hydroxyl groups excluding tert-OH is 1. The zero-order chi connectivity index (χ0) is 29.1. The lowest BCUT2D eigenvalue weighted by Crippen LogP contribution is -2.43. The number of nitrogens with zero attached hydrogens (tertiary/aromatic N) is 4. The summed E-state index contributed by atoms with van der Waals surface area (Å²) < 4.78 is 49.7. The summed E-state index contributed by atoms with van der Waals surface area (Å²) in [5.74, 6) is -3.04. The fourth-order valence-corrected chi connectivity index (χ4v) is 3.59. The molecule has 0 aliphatic rings. The van der Waals surface area contributed by atoms with Crippen LogP contribution in [0.2, 0.25) is 10.0 Å². The molecule has 12 nitrogen and oxygen atoms in total. The van der Waals surface area contributed by atoms with Crippen LogP contribution in [0, 0.1) is 6.92 Å². The van der Waals surface area contributed by atoms with Gasteiger partial charge in [-0.1, -0.05) is 23.2 Å². The number of nitrogens with one attached hydrogen (secondary N) is 2. The Kier molecular flexibility index (Phi) is 8.88. The van der Waals surface area contributed by atoms with Crippen LogP contribution in [0.15, 0.2) is 36.5 Å². The number of amides is 3. The molecular weight excluding hydrogens is 572 g/mol. The number of hydrazine groups is 1. The summed E-state index contributed by atoms with van der Waals surface area (Å²) in [5.41, 5.74) is 1.79. The number of aryl methyl sites for hydroxylation is 1. The standard InChI is InChI=1S/C22H19Cl2F3N6O6/c1-10-7-11(23)8-12(18(34)31-32(2)21(37)38-3)16(10)29-19(35)14-9-15(39-22(26,27)20(25)36)30-33(14)17-13(24)5-4-6-28-17/h4-9,20,36H,1-3H3,(H,29,35)(H,31,34). The van der Waals surface area contributed by atoms with E-state index in [9.17, 15) is 27.6 Å². The van der Waals surface area contributed by atoms with Gasteiger partial charge in [0.2, 0.25) is 5.88 Å². The van der Waals surface area contributed by atoms with Gasteiger partial charge in [0, 0.05) is 24.3 Å². The van der Waals surface area contributed by atoms with Gasteiger partial charge < -0.3 is 19.9 Å². The third-order valence-electron chi connectivity index (χ3n) is 4.88. The van der Waals surface area contributed by atoms with Gasteiger partial charge in [0.15, 0.2) is 5.82 Å². The molecule has 0 bridgehead atoms.